The second-order valence-electron chi connectivity index (χ2n) is 3.07. The van der Waals surface area contributed by atoms with Crippen LogP contribution in [0.15, 0.2) is 15.5 Å². The molecule has 0 aromatic carbocycles. The molecule has 0 fully saturated rings. The van der Waals surface area contributed by atoms with Crippen LogP contribution in [0, 0.1) is 0 Å². The molecular weight excluding hydrogens is 264 g/mol. The molecule has 0 aliphatic carbocycles. The maximum absolute atomic E-state index is 11.4. The van der Waals surface area contributed by atoms with Gasteiger partial charge in [0.15, 0.2) is 0 Å². The first-order chi connectivity index (χ1) is 6.93. The van der Waals surface area contributed by atoms with Crippen molar-refractivity contribution in [1.82, 2.24) is 9.78 Å². The van der Waals surface area contributed by atoms with E-state index >= 15 is 0 Å². The van der Waals surface area contributed by atoms with Crippen LogP contribution in [-0.2, 0) is 11.8 Å². The summed E-state index contributed by atoms with van der Waals surface area (Å²) in [6, 6.07) is -0.560. The Bertz CT molecular complexity index is 443. The number of nitrogens with one attached hydrogen (secondary N) is 1. The lowest BCUT2D eigenvalue weighted by atomic mass is 10.3. The number of aryl methyl sites for hydroxylation is 1. The van der Waals surface area contributed by atoms with E-state index in [-0.39, 0.29) is 5.56 Å². The smallest absolute Gasteiger partial charge is 0.282 e. The van der Waals surface area contributed by atoms with Crippen LogP contribution >= 0.6 is 15.9 Å². The molecule has 1 unspecified atom stereocenters. The van der Waals surface area contributed by atoms with E-state index < -0.39 is 11.9 Å². The molecule has 0 saturated heterocycles. The molecule has 82 valence electrons. The Hall–Kier alpha value is -1.37. The van der Waals surface area contributed by atoms with Gasteiger partial charge in [0.1, 0.15) is 10.5 Å². The Morgan fingerprint density at radius 1 is 1.73 bits per heavy atom. The summed E-state index contributed by atoms with van der Waals surface area (Å²) in [7, 11) is 1.54. The summed E-state index contributed by atoms with van der Waals surface area (Å²) in [4.78, 5) is 22.2. The van der Waals surface area contributed by atoms with Gasteiger partial charge in [-0.2, -0.15) is 5.10 Å². The van der Waals surface area contributed by atoms with Gasteiger partial charge in [-0.15, -0.1) is 0 Å². The number of primary amides is 1. The molecule has 1 rings (SSSR count). The topological polar surface area (TPSA) is 90.0 Å². The van der Waals surface area contributed by atoms with E-state index in [2.05, 4.69) is 26.3 Å². The zero-order valence-corrected chi connectivity index (χ0v) is 9.91. The zero-order chi connectivity index (χ0) is 11.6. The quantitative estimate of drug-likeness (QED) is 0.801. The van der Waals surface area contributed by atoms with Gasteiger partial charge >= 0.3 is 0 Å². The second-order valence-corrected chi connectivity index (χ2v) is 3.86. The fourth-order valence-electron chi connectivity index (χ4n) is 0.916. The van der Waals surface area contributed by atoms with Crippen molar-refractivity contribution < 1.29 is 4.79 Å². The van der Waals surface area contributed by atoms with E-state index in [0.29, 0.717) is 10.2 Å². The minimum Gasteiger partial charge on any atom is -0.372 e. The highest BCUT2D eigenvalue weighted by Crippen LogP contribution is 2.16. The lowest BCUT2D eigenvalue weighted by Crippen LogP contribution is -2.33. The molecule has 0 aliphatic heterocycles. The van der Waals surface area contributed by atoms with Crippen molar-refractivity contribution in [3.05, 3.63) is 21.0 Å². The number of nitrogens with zero attached hydrogens (tertiary/aromatic N) is 2. The van der Waals surface area contributed by atoms with Crippen molar-refractivity contribution in [2.75, 3.05) is 5.32 Å². The van der Waals surface area contributed by atoms with E-state index in [9.17, 15) is 9.59 Å². The number of aromatic nitrogens is 2. The summed E-state index contributed by atoms with van der Waals surface area (Å²) in [6.45, 7) is 1.60. The third-order valence-electron chi connectivity index (χ3n) is 1.88. The molecule has 6 nitrogen and oxygen atoms in total. The maximum atomic E-state index is 11.4. The first-order valence-corrected chi connectivity index (χ1v) is 5.00. The van der Waals surface area contributed by atoms with Crippen molar-refractivity contribution in [3.8, 4) is 0 Å². The molecule has 0 spiro atoms. The number of rotatable bonds is 3. The number of hydrogen-bond acceptors (Lipinski definition) is 4. The fraction of sp³-hybridized carbons (Fsp3) is 0.375. The molecular formula is C8H11BrN4O2. The molecule has 1 amide bonds. The van der Waals surface area contributed by atoms with E-state index in [1.807, 2.05) is 0 Å². The number of carbonyl (C=O) groups excluding carboxylic acids is 1. The third kappa shape index (κ3) is 2.56. The Morgan fingerprint density at radius 3 is 2.87 bits per heavy atom. The Labute approximate surface area is 94.6 Å². The summed E-state index contributed by atoms with van der Waals surface area (Å²) in [5, 5.41) is 6.59. The summed E-state index contributed by atoms with van der Waals surface area (Å²) in [5.41, 5.74) is 5.25. The lowest BCUT2D eigenvalue weighted by Gasteiger charge is -2.12. The van der Waals surface area contributed by atoms with Gasteiger partial charge in [-0.05, 0) is 22.9 Å². The number of nitrogens with two attached hydrogens (primary N) is 1. The van der Waals surface area contributed by atoms with Gasteiger partial charge in [0.05, 0.1) is 11.9 Å². The van der Waals surface area contributed by atoms with Gasteiger partial charge in [0, 0.05) is 7.05 Å². The number of anilines is 1. The third-order valence-corrected chi connectivity index (χ3v) is 2.64. The normalized spacial score (nSPS) is 12.2. The van der Waals surface area contributed by atoms with Crippen LogP contribution in [0.1, 0.15) is 6.92 Å². The highest BCUT2D eigenvalue weighted by Gasteiger charge is 2.12. The monoisotopic (exact) mass is 274 g/mol. The molecule has 3 N–H and O–H groups in total. The molecule has 15 heavy (non-hydrogen) atoms. The molecule has 0 saturated carbocycles. The minimum absolute atomic E-state index is 0.281. The Balaban J connectivity index is 3.02. The number of halogens is 1. The van der Waals surface area contributed by atoms with Crippen LogP contribution in [0.2, 0.25) is 0 Å². The van der Waals surface area contributed by atoms with Crippen LogP contribution < -0.4 is 16.6 Å². The summed E-state index contributed by atoms with van der Waals surface area (Å²) in [6.07, 6.45) is 1.45. The van der Waals surface area contributed by atoms with Crippen molar-refractivity contribution >= 4 is 27.5 Å². The van der Waals surface area contributed by atoms with Crippen LogP contribution in [0.5, 0.6) is 0 Å². The predicted molar refractivity (Wildman–Crippen MR) is 59.5 cm³/mol. The van der Waals surface area contributed by atoms with Gasteiger partial charge < -0.3 is 11.1 Å². The number of carbonyl (C=O) groups is 1. The van der Waals surface area contributed by atoms with Crippen molar-refractivity contribution in [2.24, 2.45) is 12.8 Å². The van der Waals surface area contributed by atoms with E-state index in [4.69, 9.17) is 5.73 Å². The van der Waals surface area contributed by atoms with Gasteiger partial charge in [0.2, 0.25) is 5.91 Å². The molecule has 1 atom stereocenters. The SMILES string of the molecule is CC(Nc1cnn(C)c(=O)c1Br)C(N)=O. The molecule has 0 aliphatic rings. The molecule has 7 heteroatoms. The summed E-state index contributed by atoms with van der Waals surface area (Å²) in [5.74, 6) is -0.498. The van der Waals surface area contributed by atoms with Crippen molar-refractivity contribution in [1.29, 1.82) is 0 Å². The van der Waals surface area contributed by atoms with Gasteiger partial charge in [-0.25, -0.2) is 4.68 Å². The van der Waals surface area contributed by atoms with Crippen LogP contribution in [-0.4, -0.2) is 21.7 Å². The van der Waals surface area contributed by atoms with Gasteiger partial charge in [0.25, 0.3) is 5.56 Å². The fourth-order valence-corrected chi connectivity index (χ4v) is 1.39. The van der Waals surface area contributed by atoms with E-state index in [0.717, 1.165) is 0 Å². The molecule has 1 aromatic heterocycles. The first-order valence-electron chi connectivity index (χ1n) is 4.21. The number of amides is 1. The number of hydrogen-bond donors (Lipinski definition) is 2. The average molecular weight is 275 g/mol. The standard InChI is InChI=1S/C8H11BrN4O2/c1-4(7(10)14)12-5-3-11-13(2)8(15)6(5)9/h3-4,12H,1-2H3,(H2,10,14). The zero-order valence-electron chi connectivity index (χ0n) is 8.32. The Morgan fingerprint density at radius 2 is 2.33 bits per heavy atom. The van der Waals surface area contributed by atoms with Gasteiger partial charge in [-0.3, -0.25) is 9.59 Å². The van der Waals surface area contributed by atoms with E-state index in [1.54, 1.807) is 6.92 Å². The largest absolute Gasteiger partial charge is 0.372 e. The molecule has 1 aromatic rings. The minimum atomic E-state index is -0.560. The first kappa shape index (κ1) is 11.7. The summed E-state index contributed by atoms with van der Waals surface area (Å²) >= 11 is 3.12. The summed E-state index contributed by atoms with van der Waals surface area (Å²) < 4.78 is 1.51. The van der Waals surface area contributed by atoms with Crippen LogP contribution in [0.3, 0.4) is 0 Å². The van der Waals surface area contributed by atoms with Crippen LogP contribution in [0.4, 0.5) is 5.69 Å². The molecule has 1 heterocycles. The molecule has 0 radical (unpaired) electrons. The maximum Gasteiger partial charge on any atom is 0.282 e. The van der Waals surface area contributed by atoms with Crippen LogP contribution in [0.25, 0.3) is 0 Å². The molecule has 0 bridgehead atoms. The van der Waals surface area contributed by atoms with Gasteiger partial charge in [-0.1, -0.05) is 0 Å². The van der Waals surface area contributed by atoms with Crippen molar-refractivity contribution in [2.45, 2.75) is 13.0 Å². The predicted octanol–water partition coefficient (Wildman–Crippen LogP) is -0.172. The lowest BCUT2D eigenvalue weighted by molar-refractivity contribution is -0.118. The second kappa shape index (κ2) is 4.43. The van der Waals surface area contributed by atoms with Crippen molar-refractivity contribution in [3.63, 3.8) is 0 Å². The highest BCUT2D eigenvalue weighted by atomic mass is 79.9. The highest BCUT2D eigenvalue weighted by molar-refractivity contribution is 9.10. The Kier molecular flexibility index (Phi) is 3.46. The average Bonchev–Trinajstić information content (AvgIpc) is 2.18. The van der Waals surface area contributed by atoms with E-state index in [1.165, 1.54) is 17.9 Å².